The first-order chi connectivity index (χ1) is 12.1. The molecule has 1 N–H and O–H groups in total. The smallest absolute Gasteiger partial charge is 0.432 e. The maximum atomic E-state index is 11.7. The summed E-state index contributed by atoms with van der Waals surface area (Å²) < 4.78 is 0.931. The number of carboxylic acid groups (broad SMARTS) is 1. The fourth-order valence-electron chi connectivity index (χ4n) is 2.74. The van der Waals surface area contributed by atoms with Gasteiger partial charge in [0.15, 0.2) is 0 Å². The maximum Gasteiger partial charge on any atom is 0.432 e. The molecule has 0 aliphatic heterocycles. The van der Waals surface area contributed by atoms with Gasteiger partial charge in [-0.2, -0.15) is 9.78 Å². The van der Waals surface area contributed by atoms with Crippen molar-refractivity contribution in [3.8, 4) is 22.5 Å². The molecule has 0 fully saturated rings. The lowest BCUT2D eigenvalue weighted by atomic mass is 10.1. The number of rotatable bonds is 2. The van der Waals surface area contributed by atoms with Crippen LogP contribution in [0.4, 0.5) is 4.79 Å². The summed E-state index contributed by atoms with van der Waals surface area (Å²) in [6, 6.07) is 20.5. The van der Waals surface area contributed by atoms with Crippen molar-refractivity contribution < 1.29 is 9.90 Å². The van der Waals surface area contributed by atoms with Crippen molar-refractivity contribution >= 4 is 28.6 Å². The third-order valence-electron chi connectivity index (χ3n) is 3.91. The first-order valence-electron chi connectivity index (χ1n) is 7.58. The average Bonchev–Trinajstić information content (AvgIpc) is 3.07. The van der Waals surface area contributed by atoms with E-state index in [1.54, 1.807) is 6.07 Å². The Labute approximate surface area is 148 Å². The van der Waals surface area contributed by atoms with Crippen LogP contribution >= 0.6 is 11.6 Å². The van der Waals surface area contributed by atoms with Gasteiger partial charge in [-0.3, -0.25) is 0 Å². The molecule has 4 aromatic rings. The highest BCUT2D eigenvalue weighted by atomic mass is 35.5. The Hall–Kier alpha value is -3.18. The number of carbonyl (C=O) groups is 1. The van der Waals surface area contributed by atoms with Gasteiger partial charge in [0.25, 0.3) is 0 Å². The van der Waals surface area contributed by atoms with Gasteiger partial charge in [-0.05, 0) is 18.2 Å². The molecule has 0 aliphatic rings. The van der Waals surface area contributed by atoms with Crippen molar-refractivity contribution in [2.75, 3.05) is 0 Å². The lowest BCUT2D eigenvalue weighted by molar-refractivity contribution is 0.193. The van der Waals surface area contributed by atoms with Crippen LogP contribution in [0.2, 0.25) is 5.15 Å². The number of pyridine rings is 1. The largest absolute Gasteiger partial charge is 0.463 e. The highest BCUT2D eigenvalue weighted by molar-refractivity contribution is 6.32. The summed E-state index contributed by atoms with van der Waals surface area (Å²) in [7, 11) is 0. The molecule has 0 bridgehead atoms. The van der Waals surface area contributed by atoms with Gasteiger partial charge in [-0.15, -0.1) is 0 Å². The Balaban J connectivity index is 1.94. The summed E-state index contributed by atoms with van der Waals surface area (Å²) >= 11 is 6.32. The summed E-state index contributed by atoms with van der Waals surface area (Å²) in [6.45, 7) is 0. The molecule has 2 aromatic heterocycles. The minimum atomic E-state index is -1.18. The molecule has 0 spiro atoms. The quantitative estimate of drug-likeness (QED) is 0.520. The van der Waals surface area contributed by atoms with Gasteiger partial charge in [0.05, 0.1) is 16.9 Å². The van der Waals surface area contributed by atoms with Gasteiger partial charge in [0.2, 0.25) is 0 Å². The van der Waals surface area contributed by atoms with E-state index in [9.17, 15) is 9.90 Å². The predicted molar refractivity (Wildman–Crippen MR) is 96.8 cm³/mol. The number of aromatic nitrogens is 3. The van der Waals surface area contributed by atoms with Crippen LogP contribution < -0.4 is 0 Å². The van der Waals surface area contributed by atoms with E-state index in [1.807, 2.05) is 60.7 Å². The number of para-hydroxylation sites is 1. The van der Waals surface area contributed by atoms with Crippen LogP contribution in [0.15, 0.2) is 66.7 Å². The number of hydrogen-bond donors (Lipinski definition) is 1. The molecule has 0 radical (unpaired) electrons. The third kappa shape index (κ3) is 2.75. The van der Waals surface area contributed by atoms with Gasteiger partial charge in [0, 0.05) is 16.5 Å². The van der Waals surface area contributed by atoms with Crippen molar-refractivity contribution in [3.05, 3.63) is 71.9 Å². The highest BCUT2D eigenvalue weighted by Crippen LogP contribution is 2.32. The fourth-order valence-corrected chi connectivity index (χ4v) is 2.98. The molecular weight excluding hydrogens is 338 g/mol. The molecule has 0 saturated carbocycles. The molecule has 5 nitrogen and oxygen atoms in total. The average molecular weight is 350 g/mol. The minimum absolute atomic E-state index is 0.237. The lowest BCUT2D eigenvalue weighted by Crippen LogP contribution is -2.11. The number of benzene rings is 2. The van der Waals surface area contributed by atoms with E-state index in [0.29, 0.717) is 17.0 Å². The molecule has 0 atom stereocenters. The molecule has 25 heavy (non-hydrogen) atoms. The SMILES string of the molecule is O=C(O)n1nc(-c2ccccc2)cc1-c1cc2ccccc2nc1Cl. The molecule has 2 aromatic carbocycles. The van der Waals surface area contributed by atoms with E-state index in [4.69, 9.17) is 11.6 Å². The fraction of sp³-hybridized carbons (Fsp3) is 0. The Bertz CT molecular complexity index is 1090. The number of fused-ring (bicyclic) bond motifs is 1. The zero-order valence-electron chi connectivity index (χ0n) is 12.9. The topological polar surface area (TPSA) is 68.0 Å². The highest BCUT2D eigenvalue weighted by Gasteiger charge is 2.19. The molecule has 0 saturated heterocycles. The van der Waals surface area contributed by atoms with E-state index in [1.165, 1.54) is 0 Å². The number of halogens is 1. The van der Waals surface area contributed by atoms with E-state index >= 15 is 0 Å². The van der Waals surface area contributed by atoms with Gasteiger partial charge in [0.1, 0.15) is 5.15 Å². The number of nitrogens with zero attached hydrogens (tertiary/aromatic N) is 3. The van der Waals surface area contributed by atoms with E-state index in [-0.39, 0.29) is 5.15 Å². The summed E-state index contributed by atoms with van der Waals surface area (Å²) in [5, 5.41) is 14.8. The zero-order valence-corrected chi connectivity index (χ0v) is 13.7. The predicted octanol–water partition coefficient (Wildman–Crippen LogP) is 4.94. The minimum Gasteiger partial charge on any atom is -0.463 e. The molecule has 0 aliphatic carbocycles. The Morgan fingerprint density at radius 2 is 1.72 bits per heavy atom. The number of hydrogen-bond acceptors (Lipinski definition) is 3. The molecule has 0 amide bonds. The molecule has 2 heterocycles. The van der Waals surface area contributed by atoms with Gasteiger partial charge in [-0.25, -0.2) is 9.78 Å². The van der Waals surface area contributed by atoms with E-state index < -0.39 is 6.09 Å². The molecule has 4 rings (SSSR count). The third-order valence-corrected chi connectivity index (χ3v) is 4.20. The van der Waals surface area contributed by atoms with Gasteiger partial charge < -0.3 is 5.11 Å². The summed E-state index contributed by atoms with van der Waals surface area (Å²) in [5.74, 6) is 0. The standard InChI is InChI=1S/C19H12ClN3O2/c20-18-14(10-13-8-4-5-9-15(13)21-18)17-11-16(22-23(17)19(24)25)12-6-2-1-3-7-12/h1-11H,(H,24,25). The summed E-state index contributed by atoms with van der Waals surface area (Å²) in [4.78, 5) is 16.0. The van der Waals surface area contributed by atoms with Crippen molar-refractivity contribution in [3.63, 3.8) is 0 Å². The first kappa shape index (κ1) is 15.4. The van der Waals surface area contributed by atoms with Crippen LogP contribution in [0.3, 0.4) is 0 Å². The maximum absolute atomic E-state index is 11.7. The molecule has 122 valence electrons. The molecule has 0 unspecified atom stereocenters. The van der Waals surface area contributed by atoms with Crippen molar-refractivity contribution in [1.29, 1.82) is 0 Å². The van der Waals surface area contributed by atoms with Gasteiger partial charge >= 0.3 is 6.09 Å². The second-order valence-electron chi connectivity index (χ2n) is 5.49. The summed E-state index contributed by atoms with van der Waals surface area (Å²) in [5.41, 5.74) is 3.05. The first-order valence-corrected chi connectivity index (χ1v) is 7.96. The second kappa shape index (κ2) is 6.03. The van der Waals surface area contributed by atoms with Crippen LogP contribution in [-0.2, 0) is 0 Å². The van der Waals surface area contributed by atoms with E-state index in [0.717, 1.165) is 21.1 Å². The van der Waals surface area contributed by atoms with Crippen LogP contribution in [0.1, 0.15) is 0 Å². The Morgan fingerprint density at radius 1 is 1.00 bits per heavy atom. The summed E-state index contributed by atoms with van der Waals surface area (Å²) in [6.07, 6.45) is -1.18. The zero-order chi connectivity index (χ0) is 17.4. The monoisotopic (exact) mass is 349 g/mol. The normalized spacial score (nSPS) is 10.9. The van der Waals surface area contributed by atoms with Crippen LogP contribution in [0.25, 0.3) is 33.4 Å². The Kier molecular flexibility index (Phi) is 3.71. The van der Waals surface area contributed by atoms with Crippen LogP contribution in [0, 0.1) is 0 Å². The van der Waals surface area contributed by atoms with Crippen molar-refractivity contribution in [1.82, 2.24) is 14.8 Å². The van der Waals surface area contributed by atoms with Crippen molar-refractivity contribution in [2.45, 2.75) is 0 Å². The van der Waals surface area contributed by atoms with Crippen molar-refractivity contribution in [2.24, 2.45) is 0 Å². The van der Waals surface area contributed by atoms with E-state index in [2.05, 4.69) is 10.1 Å². The second-order valence-corrected chi connectivity index (χ2v) is 5.85. The lowest BCUT2D eigenvalue weighted by Gasteiger charge is -2.06. The van der Waals surface area contributed by atoms with Crippen LogP contribution in [0.5, 0.6) is 0 Å². The Morgan fingerprint density at radius 3 is 2.48 bits per heavy atom. The van der Waals surface area contributed by atoms with Crippen LogP contribution in [-0.4, -0.2) is 26.0 Å². The molecular formula is C19H12ClN3O2. The molecule has 6 heteroatoms. The van der Waals surface area contributed by atoms with Gasteiger partial charge in [-0.1, -0.05) is 60.1 Å².